The summed E-state index contributed by atoms with van der Waals surface area (Å²) in [5.41, 5.74) is 1.13. The van der Waals surface area contributed by atoms with E-state index in [2.05, 4.69) is 4.90 Å². The molecule has 1 aliphatic heterocycles. The minimum absolute atomic E-state index is 0. The Hall–Kier alpha value is -1.42. The van der Waals surface area contributed by atoms with Crippen LogP contribution in [0.15, 0.2) is 24.3 Å². The molecule has 1 fully saturated rings. The molecule has 3 nitrogen and oxygen atoms in total. The third kappa shape index (κ3) is 4.93. The Labute approximate surface area is 120 Å². The number of carbonyl (C=O) groups is 1. The number of esters is 1. The van der Waals surface area contributed by atoms with Gasteiger partial charge in [0.25, 0.3) is 0 Å². The number of ether oxygens (including phenoxy) is 1. The third-order valence-corrected chi connectivity index (χ3v) is 3.71. The second-order valence-electron chi connectivity index (χ2n) is 5.13. The van der Waals surface area contributed by atoms with Gasteiger partial charge in [-0.1, -0.05) is 19.6 Å². The summed E-state index contributed by atoms with van der Waals surface area (Å²) in [6.07, 6.45) is 2.58. The van der Waals surface area contributed by atoms with E-state index in [1.807, 2.05) is 12.1 Å². The summed E-state index contributed by atoms with van der Waals surface area (Å²) in [7, 11) is 1.44. The number of nitrogens with zero attached hydrogens (tertiary/aromatic N) is 1. The molecule has 1 aliphatic rings. The third-order valence-electron chi connectivity index (χ3n) is 3.71. The highest BCUT2D eigenvalue weighted by Crippen LogP contribution is 2.22. The van der Waals surface area contributed by atoms with E-state index in [1.165, 1.54) is 19.2 Å². The van der Waals surface area contributed by atoms with E-state index >= 15 is 0 Å². The topological polar surface area (TPSA) is 29.5 Å². The molecule has 0 N–H and O–H groups in total. The normalized spacial score (nSPS) is 16.5. The number of hydrogen-bond acceptors (Lipinski definition) is 3. The number of benzene rings is 1. The first-order chi connectivity index (χ1) is 9.17. The van der Waals surface area contributed by atoms with Crippen molar-refractivity contribution in [1.82, 2.24) is 4.90 Å². The molecule has 0 saturated carbocycles. The molecule has 0 unspecified atom stereocenters. The van der Waals surface area contributed by atoms with Gasteiger partial charge in [-0.25, -0.2) is 4.39 Å². The van der Waals surface area contributed by atoms with E-state index in [0.29, 0.717) is 12.3 Å². The van der Waals surface area contributed by atoms with Crippen LogP contribution in [-0.4, -0.2) is 31.1 Å². The predicted octanol–water partition coefficient (Wildman–Crippen LogP) is 3.24. The number of piperidine rings is 1. The van der Waals surface area contributed by atoms with Gasteiger partial charge in [0.1, 0.15) is 5.82 Å². The highest BCUT2D eigenvalue weighted by atomic mass is 19.1. The van der Waals surface area contributed by atoms with Crippen molar-refractivity contribution in [3.8, 4) is 0 Å². The highest BCUT2D eigenvalue weighted by molar-refractivity contribution is 5.69. The zero-order chi connectivity index (χ0) is 13.7. The predicted molar refractivity (Wildman–Crippen MR) is 77.8 cm³/mol. The van der Waals surface area contributed by atoms with E-state index in [0.717, 1.165) is 38.0 Å². The monoisotopic (exact) mass is 281 g/mol. The number of likely N-dealkylation sites (tertiary alicyclic amines) is 1. The quantitative estimate of drug-likeness (QED) is 0.794. The van der Waals surface area contributed by atoms with Crippen LogP contribution in [0.25, 0.3) is 0 Å². The molecule has 20 heavy (non-hydrogen) atoms. The van der Waals surface area contributed by atoms with E-state index in [4.69, 9.17) is 4.74 Å². The lowest BCUT2D eigenvalue weighted by Gasteiger charge is -2.31. The molecule has 1 aromatic carbocycles. The Morgan fingerprint density at radius 3 is 2.45 bits per heavy atom. The molecule has 0 aromatic heterocycles. The summed E-state index contributed by atoms with van der Waals surface area (Å²) in [4.78, 5) is 13.6. The molecule has 1 saturated heterocycles. The van der Waals surface area contributed by atoms with Crippen LogP contribution in [0.1, 0.15) is 32.3 Å². The maximum absolute atomic E-state index is 12.8. The van der Waals surface area contributed by atoms with Gasteiger partial charge in [-0.05, 0) is 49.5 Å². The molecular formula is C16H24FNO2. The van der Waals surface area contributed by atoms with Crippen molar-refractivity contribution >= 4 is 5.97 Å². The molecule has 2 rings (SSSR count). The largest absolute Gasteiger partial charge is 0.469 e. The molecule has 0 amide bonds. The minimum Gasteiger partial charge on any atom is -0.469 e. The zero-order valence-electron chi connectivity index (χ0n) is 11.3. The van der Waals surface area contributed by atoms with E-state index in [9.17, 15) is 9.18 Å². The first kappa shape index (κ1) is 16.6. The summed E-state index contributed by atoms with van der Waals surface area (Å²) >= 11 is 0. The van der Waals surface area contributed by atoms with Crippen molar-refractivity contribution < 1.29 is 13.9 Å². The molecule has 1 aromatic rings. The fourth-order valence-electron chi connectivity index (χ4n) is 2.52. The van der Waals surface area contributed by atoms with Crippen molar-refractivity contribution in [1.29, 1.82) is 0 Å². The van der Waals surface area contributed by atoms with Gasteiger partial charge in [-0.3, -0.25) is 9.69 Å². The number of hydrogen-bond donors (Lipinski definition) is 0. The van der Waals surface area contributed by atoms with Gasteiger partial charge in [-0.15, -0.1) is 0 Å². The van der Waals surface area contributed by atoms with E-state index < -0.39 is 0 Å². The number of halogens is 1. The maximum atomic E-state index is 12.8. The van der Waals surface area contributed by atoms with Gasteiger partial charge in [0.15, 0.2) is 0 Å². The molecular weight excluding hydrogens is 257 g/mol. The fourth-order valence-corrected chi connectivity index (χ4v) is 2.52. The SMILES string of the molecule is C.COC(=O)CC1CCN(Cc2ccc(F)cc2)CC1. The smallest absolute Gasteiger partial charge is 0.305 e. The Morgan fingerprint density at radius 2 is 1.90 bits per heavy atom. The van der Waals surface area contributed by atoms with Gasteiger partial charge in [0.05, 0.1) is 7.11 Å². The molecule has 112 valence electrons. The van der Waals surface area contributed by atoms with Gasteiger partial charge < -0.3 is 4.74 Å². The van der Waals surface area contributed by atoms with Crippen LogP contribution in [0, 0.1) is 11.7 Å². The van der Waals surface area contributed by atoms with Crippen LogP contribution in [-0.2, 0) is 16.1 Å². The van der Waals surface area contributed by atoms with Crippen LogP contribution < -0.4 is 0 Å². The van der Waals surface area contributed by atoms with Gasteiger partial charge in [0, 0.05) is 13.0 Å². The Bertz CT molecular complexity index is 411. The number of carbonyl (C=O) groups excluding carboxylic acids is 1. The summed E-state index contributed by atoms with van der Waals surface area (Å²) in [5.74, 6) is 0.134. The average molecular weight is 281 g/mol. The van der Waals surface area contributed by atoms with Crippen molar-refractivity contribution in [2.24, 2.45) is 5.92 Å². The maximum Gasteiger partial charge on any atom is 0.305 e. The molecule has 0 radical (unpaired) electrons. The first-order valence-electron chi connectivity index (χ1n) is 6.71. The summed E-state index contributed by atoms with van der Waals surface area (Å²) in [5, 5.41) is 0. The van der Waals surface area contributed by atoms with Crippen LogP contribution >= 0.6 is 0 Å². The second-order valence-corrected chi connectivity index (χ2v) is 5.13. The molecule has 0 bridgehead atoms. The highest BCUT2D eigenvalue weighted by Gasteiger charge is 2.21. The zero-order valence-corrected chi connectivity index (χ0v) is 11.3. The van der Waals surface area contributed by atoms with Crippen LogP contribution in [0.2, 0.25) is 0 Å². The average Bonchev–Trinajstić information content (AvgIpc) is 2.43. The van der Waals surface area contributed by atoms with Crippen LogP contribution in [0.5, 0.6) is 0 Å². The van der Waals surface area contributed by atoms with Crippen LogP contribution in [0.4, 0.5) is 4.39 Å². The first-order valence-corrected chi connectivity index (χ1v) is 6.71. The molecule has 4 heteroatoms. The van der Waals surface area contributed by atoms with Crippen molar-refractivity contribution in [3.05, 3.63) is 35.6 Å². The lowest BCUT2D eigenvalue weighted by atomic mass is 9.93. The lowest BCUT2D eigenvalue weighted by Crippen LogP contribution is -2.34. The molecule has 0 aliphatic carbocycles. The minimum atomic E-state index is -0.194. The fraction of sp³-hybridized carbons (Fsp3) is 0.562. The summed E-state index contributed by atoms with van der Waals surface area (Å²) in [6, 6.07) is 6.66. The Morgan fingerprint density at radius 1 is 1.30 bits per heavy atom. The summed E-state index contributed by atoms with van der Waals surface area (Å²) < 4.78 is 17.5. The van der Waals surface area contributed by atoms with Crippen molar-refractivity contribution in [3.63, 3.8) is 0 Å². The molecule has 0 atom stereocenters. The second kappa shape index (κ2) is 8.00. The van der Waals surface area contributed by atoms with Crippen LogP contribution in [0.3, 0.4) is 0 Å². The lowest BCUT2D eigenvalue weighted by molar-refractivity contribution is -0.142. The number of methoxy groups -OCH3 is 1. The summed E-state index contributed by atoms with van der Waals surface area (Å²) in [6.45, 7) is 2.82. The van der Waals surface area contributed by atoms with Gasteiger partial charge in [0.2, 0.25) is 0 Å². The standard InChI is InChI=1S/C15H20FNO2.CH4/c1-19-15(18)10-12-6-8-17(9-7-12)11-13-2-4-14(16)5-3-13;/h2-5,12H,6-11H2,1H3;1H4. The van der Waals surface area contributed by atoms with Gasteiger partial charge >= 0.3 is 5.97 Å². The Kier molecular flexibility index (Phi) is 6.65. The number of rotatable bonds is 4. The van der Waals surface area contributed by atoms with E-state index in [1.54, 1.807) is 0 Å². The van der Waals surface area contributed by atoms with Gasteiger partial charge in [-0.2, -0.15) is 0 Å². The molecule has 1 heterocycles. The van der Waals surface area contributed by atoms with Crippen molar-refractivity contribution in [2.75, 3.05) is 20.2 Å². The molecule has 0 spiro atoms. The van der Waals surface area contributed by atoms with E-state index in [-0.39, 0.29) is 19.2 Å². The van der Waals surface area contributed by atoms with Crippen molar-refractivity contribution in [2.45, 2.75) is 33.2 Å². The Balaban J connectivity index is 0.00000200.